The molecule has 0 aliphatic rings. The Morgan fingerprint density at radius 2 is 1.56 bits per heavy atom. The fourth-order valence-electron chi connectivity index (χ4n) is 3.24. The van der Waals surface area contributed by atoms with Crippen LogP contribution in [0.1, 0.15) is 17.3 Å². The molecule has 0 saturated heterocycles. The van der Waals surface area contributed by atoms with E-state index in [-0.39, 0.29) is 27.7 Å². The van der Waals surface area contributed by atoms with Gasteiger partial charge in [0.1, 0.15) is 11.5 Å². The van der Waals surface area contributed by atoms with Gasteiger partial charge in [0.15, 0.2) is 0 Å². The smallest absolute Gasteiger partial charge is 0.264 e. The zero-order valence-corrected chi connectivity index (χ0v) is 20.0. The summed E-state index contributed by atoms with van der Waals surface area (Å²) in [6.07, 6.45) is 0. The second-order valence-electron chi connectivity index (χ2n) is 7.22. The topological polar surface area (TPSA) is 114 Å². The fraction of sp³-hybridized carbons (Fsp3) is 0.167. The molecule has 3 aromatic carbocycles. The molecule has 34 heavy (non-hydrogen) atoms. The third-order valence-corrected chi connectivity index (χ3v) is 6.74. The van der Waals surface area contributed by atoms with Gasteiger partial charge in [-0.15, -0.1) is 0 Å². The van der Waals surface area contributed by atoms with Crippen LogP contribution in [0.15, 0.2) is 71.6 Å². The van der Waals surface area contributed by atoms with Crippen molar-refractivity contribution in [3.63, 3.8) is 0 Å². The van der Waals surface area contributed by atoms with Crippen molar-refractivity contribution in [2.24, 2.45) is 0 Å². The largest absolute Gasteiger partial charge is 0.497 e. The van der Waals surface area contributed by atoms with Crippen molar-refractivity contribution < 1.29 is 27.5 Å². The van der Waals surface area contributed by atoms with Gasteiger partial charge in [0.2, 0.25) is 5.91 Å². The lowest BCUT2D eigenvalue weighted by Crippen LogP contribution is -2.29. The van der Waals surface area contributed by atoms with E-state index < -0.39 is 15.9 Å². The molecule has 9 nitrogen and oxygen atoms in total. The number of benzene rings is 3. The van der Waals surface area contributed by atoms with Crippen LogP contribution in [-0.4, -0.2) is 41.5 Å². The molecule has 0 spiro atoms. The molecule has 0 radical (unpaired) electrons. The second-order valence-corrected chi connectivity index (χ2v) is 9.18. The summed E-state index contributed by atoms with van der Waals surface area (Å²) in [6, 6.07) is 17.3. The number of ether oxygens (including phenoxy) is 2. The number of para-hydroxylation sites is 1. The molecule has 0 aliphatic heterocycles. The molecule has 3 rings (SSSR count). The van der Waals surface area contributed by atoms with Crippen LogP contribution >= 0.6 is 0 Å². The van der Waals surface area contributed by atoms with E-state index in [9.17, 15) is 18.0 Å². The van der Waals surface area contributed by atoms with E-state index in [0.717, 1.165) is 4.31 Å². The summed E-state index contributed by atoms with van der Waals surface area (Å²) in [6.45, 7) is 1.31. The molecule has 0 saturated carbocycles. The van der Waals surface area contributed by atoms with Gasteiger partial charge in [-0.05, 0) is 54.6 Å². The molecule has 2 amide bonds. The van der Waals surface area contributed by atoms with Crippen molar-refractivity contribution in [2.45, 2.75) is 11.8 Å². The molecule has 0 aliphatic carbocycles. The first-order chi connectivity index (χ1) is 16.2. The fourth-order valence-corrected chi connectivity index (χ4v) is 4.48. The molecular formula is C24H25N3O6S. The average molecular weight is 484 g/mol. The summed E-state index contributed by atoms with van der Waals surface area (Å²) in [4.78, 5) is 24.4. The quantitative estimate of drug-likeness (QED) is 0.505. The minimum Gasteiger partial charge on any atom is -0.497 e. The Morgan fingerprint density at radius 1 is 0.882 bits per heavy atom. The lowest BCUT2D eigenvalue weighted by molar-refractivity contribution is -0.114. The standard InChI is InChI=1S/C24H25N3O6S/c1-16(28)25-21-15-19(13-14-23(21)33-4)34(30,31)27(2)22-8-6-5-7-20(22)24(29)26-17-9-11-18(32-3)12-10-17/h5-15H,1-4H3,(H,25,28)(H,26,29). The summed E-state index contributed by atoms with van der Waals surface area (Å²) < 4.78 is 38.1. The maximum atomic E-state index is 13.4. The molecule has 0 fully saturated rings. The van der Waals surface area contributed by atoms with Crippen LogP contribution in [0.2, 0.25) is 0 Å². The summed E-state index contributed by atoms with van der Waals surface area (Å²) in [5.41, 5.74) is 1.10. The maximum absolute atomic E-state index is 13.4. The number of methoxy groups -OCH3 is 2. The van der Waals surface area contributed by atoms with Gasteiger partial charge >= 0.3 is 0 Å². The predicted octanol–water partition coefficient (Wildman–Crippen LogP) is 3.74. The molecule has 0 unspecified atom stereocenters. The number of hydrogen-bond acceptors (Lipinski definition) is 6. The van der Waals surface area contributed by atoms with Gasteiger partial charge in [-0.3, -0.25) is 13.9 Å². The first-order valence-corrected chi connectivity index (χ1v) is 11.6. The summed E-state index contributed by atoms with van der Waals surface area (Å²) >= 11 is 0. The molecular weight excluding hydrogens is 458 g/mol. The van der Waals surface area contributed by atoms with Crippen molar-refractivity contribution in [3.05, 3.63) is 72.3 Å². The first-order valence-electron chi connectivity index (χ1n) is 10.2. The molecule has 0 atom stereocenters. The Kier molecular flexibility index (Phi) is 7.42. The highest BCUT2D eigenvalue weighted by atomic mass is 32.2. The minimum atomic E-state index is -4.08. The number of hydrogen-bond donors (Lipinski definition) is 2. The van der Waals surface area contributed by atoms with Crippen LogP contribution < -0.4 is 24.4 Å². The van der Waals surface area contributed by atoms with Gasteiger partial charge < -0.3 is 20.1 Å². The number of nitrogens with zero attached hydrogens (tertiary/aromatic N) is 1. The van der Waals surface area contributed by atoms with Crippen molar-refractivity contribution in [3.8, 4) is 11.5 Å². The summed E-state index contributed by atoms with van der Waals surface area (Å²) in [5.74, 6) is 0.108. The van der Waals surface area contributed by atoms with E-state index in [1.54, 1.807) is 49.6 Å². The predicted molar refractivity (Wildman–Crippen MR) is 130 cm³/mol. The third-order valence-electron chi connectivity index (χ3n) is 4.98. The van der Waals surface area contributed by atoms with Crippen LogP contribution in [0, 0.1) is 0 Å². The highest BCUT2D eigenvalue weighted by molar-refractivity contribution is 7.92. The van der Waals surface area contributed by atoms with Gasteiger partial charge in [-0.25, -0.2) is 8.42 Å². The van der Waals surface area contributed by atoms with E-state index in [2.05, 4.69) is 10.6 Å². The molecule has 0 heterocycles. The van der Waals surface area contributed by atoms with Crippen LogP contribution in [0.4, 0.5) is 17.1 Å². The van der Waals surface area contributed by atoms with Crippen LogP contribution in [0.5, 0.6) is 11.5 Å². The Morgan fingerprint density at radius 3 is 2.18 bits per heavy atom. The Hall–Kier alpha value is -4.05. The summed E-state index contributed by atoms with van der Waals surface area (Å²) in [7, 11) is 0.234. The van der Waals surface area contributed by atoms with Crippen molar-refractivity contribution >= 4 is 38.9 Å². The second kappa shape index (κ2) is 10.3. The number of carbonyl (C=O) groups is 2. The minimum absolute atomic E-state index is 0.0788. The molecule has 0 aromatic heterocycles. The SMILES string of the molecule is COc1ccc(NC(=O)c2ccccc2N(C)S(=O)(=O)c2ccc(OC)c(NC(C)=O)c2)cc1. The number of nitrogens with one attached hydrogen (secondary N) is 2. The Balaban J connectivity index is 1.94. The van der Waals surface area contributed by atoms with Gasteiger partial charge in [0.05, 0.1) is 36.1 Å². The zero-order chi connectivity index (χ0) is 24.9. The van der Waals surface area contributed by atoms with E-state index in [1.807, 2.05) is 0 Å². The van der Waals surface area contributed by atoms with Crippen LogP contribution in [0.25, 0.3) is 0 Å². The first kappa shape index (κ1) is 24.6. The van der Waals surface area contributed by atoms with Gasteiger partial charge in [0, 0.05) is 19.7 Å². The monoisotopic (exact) mass is 483 g/mol. The number of sulfonamides is 1. The molecule has 178 valence electrons. The van der Waals surface area contributed by atoms with E-state index in [4.69, 9.17) is 9.47 Å². The number of amides is 2. The lowest BCUT2D eigenvalue weighted by Gasteiger charge is -2.23. The van der Waals surface area contributed by atoms with Crippen molar-refractivity contribution in [1.82, 2.24) is 0 Å². The summed E-state index contributed by atoms with van der Waals surface area (Å²) in [5, 5.41) is 5.32. The van der Waals surface area contributed by atoms with Crippen molar-refractivity contribution in [1.29, 1.82) is 0 Å². The van der Waals surface area contributed by atoms with Gasteiger partial charge in [0.25, 0.3) is 15.9 Å². The Labute approximate surface area is 198 Å². The highest BCUT2D eigenvalue weighted by Crippen LogP contribution is 2.31. The van der Waals surface area contributed by atoms with Crippen LogP contribution in [-0.2, 0) is 14.8 Å². The van der Waals surface area contributed by atoms with Crippen molar-refractivity contribution in [2.75, 3.05) is 36.2 Å². The number of carbonyl (C=O) groups excluding carboxylic acids is 2. The number of anilines is 3. The molecule has 10 heteroatoms. The molecule has 3 aromatic rings. The van der Waals surface area contributed by atoms with Gasteiger partial charge in [-0.1, -0.05) is 12.1 Å². The highest BCUT2D eigenvalue weighted by Gasteiger charge is 2.26. The van der Waals surface area contributed by atoms with Gasteiger partial charge in [-0.2, -0.15) is 0 Å². The zero-order valence-electron chi connectivity index (χ0n) is 19.2. The van der Waals surface area contributed by atoms with E-state index >= 15 is 0 Å². The third kappa shape index (κ3) is 5.29. The Bertz CT molecular complexity index is 1310. The normalized spacial score (nSPS) is 10.8. The van der Waals surface area contributed by atoms with Crippen LogP contribution in [0.3, 0.4) is 0 Å². The number of rotatable bonds is 8. The lowest BCUT2D eigenvalue weighted by atomic mass is 10.1. The average Bonchev–Trinajstić information content (AvgIpc) is 2.83. The van der Waals surface area contributed by atoms with E-state index in [1.165, 1.54) is 45.3 Å². The molecule has 0 bridgehead atoms. The maximum Gasteiger partial charge on any atom is 0.264 e. The molecule has 2 N–H and O–H groups in total. The van der Waals surface area contributed by atoms with E-state index in [0.29, 0.717) is 17.2 Å².